The number of pyridine rings is 1. The van der Waals surface area contributed by atoms with E-state index in [0.717, 1.165) is 36.2 Å². The van der Waals surface area contributed by atoms with E-state index in [9.17, 15) is 13.2 Å². The van der Waals surface area contributed by atoms with Gasteiger partial charge >= 0.3 is 0 Å². The molecule has 1 atom stereocenters. The van der Waals surface area contributed by atoms with Crippen molar-refractivity contribution in [3.63, 3.8) is 0 Å². The largest absolute Gasteiger partial charge is 0.352 e. The lowest BCUT2D eigenvalue weighted by molar-refractivity contribution is -0.129. The molecule has 6 nitrogen and oxygen atoms in total. The van der Waals surface area contributed by atoms with E-state index in [1.807, 2.05) is 12.1 Å². The summed E-state index contributed by atoms with van der Waals surface area (Å²) in [5.41, 5.74) is 0.730. The van der Waals surface area contributed by atoms with Gasteiger partial charge in [0, 0.05) is 32.0 Å². The summed E-state index contributed by atoms with van der Waals surface area (Å²) >= 11 is 6.97. The molecule has 2 fully saturated rings. The Bertz CT molecular complexity index is 942. The van der Waals surface area contributed by atoms with E-state index in [-0.39, 0.29) is 28.0 Å². The van der Waals surface area contributed by atoms with Gasteiger partial charge in [-0.15, -0.1) is 11.3 Å². The number of rotatable bonds is 5. The monoisotopic (exact) mass is 425 g/mol. The van der Waals surface area contributed by atoms with Crippen molar-refractivity contribution >= 4 is 38.9 Å². The Kier molecular flexibility index (Phi) is 5.00. The molecule has 1 spiro atoms. The molecule has 1 aliphatic carbocycles. The molecule has 3 heterocycles. The van der Waals surface area contributed by atoms with Gasteiger partial charge in [0.05, 0.1) is 10.3 Å². The number of nitrogens with one attached hydrogen (secondary N) is 1. The highest BCUT2D eigenvalue weighted by molar-refractivity contribution is 7.91. The van der Waals surface area contributed by atoms with Crippen molar-refractivity contribution in [2.75, 3.05) is 13.1 Å². The molecule has 1 N–H and O–H groups in total. The molecule has 9 heteroatoms. The first kappa shape index (κ1) is 18.9. The van der Waals surface area contributed by atoms with E-state index in [4.69, 9.17) is 11.6 Å². The van der Waals surface area contributed by atoms with Crippen molar-refractivity contribution in [2.45, 2.75) is 30.0 Å². The zero-order chi connectivity index (χ0) is 19.1. The Balaban J connectivity index is 1.50. The number of hydrogen-bond donors (Lipinski definition) is 1. The first-order valence-electron chi connectivity index (χ1n) is 8.83. The van der Waals surface area contributed by atoms with Gasteiger partial charge in [0.15, 0.2) is 0 Å². The average molecular weight is 426 g/mol. The van der Waals surface area contributed by atoms with Crippen molar-refractivity contribution in [2.24, 2.45) is 11.3 Å². The van der Waals surface area contributed by atoms with E-state index in [0.29, 0.717) is 17.4 Å². The molecule has 1 unspecified atom stereocenters. The van der Waals surface area contributed by atoms with E-state index >= 15 is 0 Å². The third kappa shape index (κ3) is 3.51. The molecule has 2 aliphatic rings. The fourth-order valence-electron chi connectivity index (χ4n) is 3.98. The van der Waals surface area contributed by atoms with E-state index in [1.54, 1.807) is 18.5 Å². The molecule has 1 amide bonds. The minimum atomic E-state index is -3.62. The molecule has 2 aromatic rings. The first-order valence-corrected chi connectivity index (χ1v) is 11.5. The second-order valence-electron chi connectivity index (χ2n) is 7.20. The Morgan fingerprint density at radius 2 is 2.04 bits per heavy atom. The Hall–Kier alpha value is -1.48. The van der Waals surface area contributed by atoms with Crippen LogP contribution in [0.1, 0.15) is 24.8 Å². The third-order valence-corrected chi connectivity index (χ3v) is 9.15. The second kappa shape index (κ2) is 7.16. The van der Waals surface area contributed by atoms with Crippen LogP contribution in [0.2, 0.25) is 4.34 Å². The van der Waals surface area contributed by atoms with Gasteiger partial charge in [0.2, 0.25) is 5.91 Å². The predicted molar refractivity (Wildman–Crippen MR) is 104 cm³/mol. The maximum Gasteiger partial charge on any atom is 0.252 e. The summed E-state index contributed by atoms with van der Waals surface area (Å²) in [6, 6.07) is 6.83. The number of sulfonamides is 1. The van der Waals surface area contributed by atoms with Crippen LogP contribution in [-0.2, 0) is 21.4 Å². The maximum atomic E-state index is 13.0. The number of thiophene rings is 1. The molecule has 0 aromatic carbocycles. The lowest BCUT2D eigenvalue weighted by atomic mass is 9.62. The van der Waals surface area contributed by atoms with Gasteiger partial charge in [-0.1, -0.05) is 18.0 Å². The van der Waals surface area contributed by atoms with Crippen LogP contribution in [-0.4, -0.2) is 36.7 Å². The standard InChI is InChI=1S/C18H20ClN3O3S2/c19-15-2-3-16(26-15)27(24,25)22-11-14(18(12-22)6-1-7-18)17(23)21-10-13-4-8-20-9-5-13/h2-5,8-9,14H,1,6-7,10-12H2,(H,21,23). The minimum absolute atomic E-state index is 0.0755. The topological polar surface area (TPSA) is 79.4 Å². The summed E-state index contributed by atoms with van der Waals surface area (Å²) in [6.45, 7) is 1.04. The number of carbonyl (C=O) groups is 1. The van der Waals surface area contributed by atoms with Crippen molar-refractivity contribution < 1.29 is 13.2 Å². The zero-order valence-corrected chi connectivity index (χ0v) is 17.0. The lowest BCUT2D eigenvalue weighted by Crippen LogP contribution is -2.45. The molecule has 1 saturated carbocycles. The maximum absolute atomic E-state index is 13.0. The van der Waals surface area contributed by atoms with Gasteiger partial charge in [-0.2, -0.15) is 4.31 Å². The molecule has 1 saturated heterocycles. The summed E-state index contributed by atoms with van der Waals surface area (Å²) in [7, 11) is -3.62. The van der Waals surface area contributed by atoms with Crippen LogP contribution in [0.4, 0.5) is 0 Å². The first-order chi connectivity index (χ1) is 12.9. The van der Waals surface area contributed by atoms with Gasteiger partial charge < -0.3 is 5.32 Å². The average Bonchev–Trinajstić information content (AvgIpc) is 3.25. The number of halogens is 1. The van der Waals surface area contributed by atoms with E-state index in [1.165, 1.54) is 10.4 Å². The molecule has 0 radical (unpaired) electrons. The lowest BCUT2D eigenvalue weighted by Gasteiger charge is -2.42. The van der Waals surface area contributed by atoms with Gasteiger partial charge in [-0.05, 0) is 48.1 Å². The van der Waals surface area contributed by atoms with Crippen LogP contribution >= 0.6 is 22.9 Å². The minimum Gasteiger partial charge on any atom is -0.352 e. The third-order valence-electron chi connectivity index (χ3n) is 5.64. The number of amides is 1. The highest BCUT2D eigenvalue weighted by Crippen LogP contribution is 2.53. The highest BCUT2D eigenvalue weighted by atomic mass is 35.5. The molecule has 27 heavy (non-hydrogen) atoms. The Morgan fingerprint density at radius 1 is 1.30 bits per heavy atom. The smallest absolute Gasteiger partial charge is 0.252 e. The summed E-state index contributed by atoms with van der Waals surface area (Å²) < 4.78 is 28.1. The fraction of sp³-hybridized carbons (Fsp3) is 0.444. The van der Waals surface area contributed by atoms with Crippen LogP contribution in [0.25, 0.3) is 0 Å². The summed E-state index contributed by atoms with van der Waals surface area (Å²) in [5, 5.41) is 2.97. The number of nitrogens with zero attached hydrogens (tertiary/aromatic N) is 2. The molecule has 2 aromatic heterocycles. The SMILES string of the molecule is O=C(NCc1ccncc1)C1CN(S(=O)(=O)c2ccc(Cl)s2)CC12CCC2. The van der Waals surface area contributed by atoms with Gasteiger partial charge in [-0.25, -0.2) is 8.42 Å². The van der Waals surface area contributed by atoms with Gasteiger partial charge in [0.1, 0.15) is 4.21 Å². The van der Waals surface area contributed by atoms with Crippen molar-refractivity contribution in [1.29, 1.82) is 0 Å². The van der Waals surface area contributed by atoms with Crippen LogP contribution < -0.4 is 5.32 Å². The van der Waals surface area contributed by atoms with Gasteiger partial charge in [-0.3, -0.25) is 9.78 Å². The summed E-state index contributed by atoms with van der Waals surface area (Å²) in [5.74, 6) is -0.397. The number of hydrogen-bond acceptors (Lipinski definition) is 5. The van der Waals surface area contributed by atoms with E-state index in [2.05, 4.69) is 10.3 Å². The molecular formula is C18H20ClN3O3S2. The van der Waals surface area contributed by atoms with E-state index < -0.39 is 10.0 Å². The molecular weight excluding hydrogens is 406 g/mol. The summed E-state index contributed by atoms with van der Waals surface area (Å²) in [6.07, 6.45) is 6.18. The zero-order valence-electron chi connectivity index (χ0n) is 14.6. The normalized spacial score (nSPS) is 21.9. The van der Waals surface area contributed by atoms with Gasteiger partial charge in [0.25, 0.3) is 10.0 Å². The van der Waals surface area contributed by atoms with Crippen molar-refractivity contribution in [3.05, 3.63) is 46.6 Å². The highest BCUT2D eigenvalue weighted by Gasteiger charge is 2.55. The van der Waals surface area contributed by atoms with Crippen LogP contribution in [0.15, 0.2) is 40.9 Å². The molecule has 0 bridgehead atoms. The Labute approximate surface area is 167 Å². The second-order valence-corrected chi connectivity index (χ2v) is 11.1. The Morgan fingerprint density at radius 3 is 2.63 bits per heavy atom. The quantitative estimate of drug-likeness (QED) is 0.798. The fourth-order valence-corrected chi connectivity index (χ4v) is 7.17. The van der Waals surface area contributed by atoms with Crippen molar-refractivity contribution in [3.8, 4) is 0 Å². The molecule has 144 valence electrons. The van der Waals surface area contributed by atoms with Crippen LogP contribution in [0.3, 0.4) is 0 Å². The summed E-state index contributed by atoms with van der Waals surface area (Å²) in [4.78, 5) is 16.8. The van der Waals surface area contributed by atoms with Crippen LogP contribution in [0, 0.1) is 11.3 Å². The number of aromatic nitrogens is 1. The number of carbonyl (C=O) groups excluding carboxylic acids is 1. The molecule has 4 rings (SSSR count). The van der Waals surface area contributed by atoms with Crippen molar-refractivity contribution in [1.82, 2.24) is 14.6 Å². The molecule has 1 aliphatic heterocycles. The predicted octanol–water partition coefficient (Wildman–Crippen LogP) is 2.90. The van der Waals surface area contributed by atoms with Crippen LogP contribution in [0.5, 0.6) is 0 Å².